The lowest BCUT2D eigenvalue weighted by molar-refractivity contribution is -0.0308. The Labute approximate surface area is 211 Å². The van der Waals surface area contributed by atoms with Gasteiger partial charge in [0.25, 0.3) is 0 Å². The third-order valence-corrected chi connectivity index (χ3v) is 7.37. The van der Waals surface area contributed by atoms with E-state index in [0.29, 0.717) is 12.2 Å². The van der Waals surface area contributed by atoms with Crippen molar-refractivity contribution in [1.29, 1.82) is 0 Å². The predicted molar refractivity (Wildman–Crippen MR) is 151 cm³/mol. The first kappa shape index (κ1) is 33.0. The molecular weight excluding hydrogens is 400 g/mol. The standard InChI is InChI=1S/C32H66O/c1-5-9-11-13-15-17-19-21-23-25-29-31(27-7-3)33-32(28-8-4)30-26-24-22-20-18-16-14-12-10-6-2/h31-32H,5-30H2,1-4H3. The third-order valence-electron chi connectivity index (χ3n) is 7.37. The van der Waals surface area contributed by atoms with Crippen molar-refractivity contribution in [1.82, 2.24) is 0 Å². The topological polar surface area (TPSA) is 9.23 Å². The van der Waals surface area contributed by atoms with E-state index in [1.807, 2.05) is 0 Å². The van der Waals surface area contributed by atoms with Crippen LogP contribution >= 0.6 is 0 Å². The molecule has 0 N–H and O–H groups in total. The van der Waals surface area contributed by atoms with E-state index < -0.39 is 0 Å². The molecule has 33 heavy (non-hydrogen) atoms. The summed E-state index contributed by atoms with van der Waals surface area (Å²) in [4.78, 5) is 0. The zero-order valence-corrected chi connectivity index (χ0v) is 23.9. The molecule has 0 spiro atoms. The summed E-state index contributed by atoms with van der Waals surface area (Å²) >= 11 is 0. The van der Waals surface area contributed by atoms with Crippen molar-refractivity contribution >= 4 is 0 Å². The lowest BCUT2D eigenvalue weighted by Crippen LogP contribution is -2.22. The van der Waals surface area contributed by atoms with Crippen molar-refractivity contribution in [2.24, 2.45) is 0 Å². The van der Waals surface area contributed by atoms with Gasteiger partial charge >= 0.3 is 0 Å². The van der Waals surface area contributed by atoms with Gasteiger partial charge in [-0.05, 0) is 25.7 Å². The molecule has 200 valence electrons. The second kappa shape index (κ2) is 28.2. The number of hydrogen-bond donors (Lipinski definition) is 0. The van der Waals surface area contributed by atoms with E-state index in [4.69, 9.17) is 4.74 Å². The molecule has 0 radical (unpaired) electrons. The van der Waals surface area contributed by atoms with Gasteiger partial charge in [0.05, 0.1) is 12.2 Å². The average molecular weight is 467 g/mol. The number of ether oxygens (including phenoxy) is 1. The highest BCUT2D eigenvalue weighted by Crippen LogP contribution is 2.21. The molecule has 0 saturated carbocycles. The normalized spacial score (nSPS) is 13.5. The number of rotatable bonds is 28. The molecule has 0 aliphatic rings. The van der Waals surface area contributed by atoms with E-state index in [9.17, 15) is 0 Å². The van der Waals surface area contributed by atoms with Gasteiger partial charge in [0.2, 0.25) is 0 Å². The van der Waals surface area contributed by atoms with Crippen LogP contribution < -0.4 is 0 Å². The number of unbranched alkanes of at least 4 members (excludes halogenated alkanes) is 18. The molecule has 0 aliphatic heterocycles. The fraction of sp³-hybridized carbons (Fsp3) is 1.00. The molecule has 0 aromatic heterocycles. The molecule has 2 unspecified atom stereocenters. The lowest BCUT2D eigenvalue weighted by atomic mass is 10.0. The monoisotopic (exact) mass is 467 g/mol. The first-order valence-electron chi connectivity index (χ1n) is 15.9. The van der Waals surface area contributed by atoms with E-state index in [0.717, 1.165) is 0 Å². The van der Waals surface area contributed by atoms with Crippen LogP contribution in [0.1, 0.15) is 195 Å². The van der Waals surface area contributed by atoms with Gasteiger partial charge in [-0.1, -0.05) is 169 Å². The van der Waals surface area contributed by atoms with Crippen LogP contribution in [-0.2, 0) is 4.74 Å². The average Bonchev–Trinajstić information content (AvgIpc) is 2.81. The summed E-state index contributed by atoms with van der Waals surface area (Å²) in [5.74, 6) is 0. The summed E-state index contributed by atoms with van der Waals surface area (Å²) in [5.41, 5.74) is 0. The maximum atomic E-state index is 6.70. The Bertz CT molecular complexity index is 307. The molecule has 0 aromatic rings. The zero-order valence-electron chi connectivity index (χ0n) is 23.9. The summed E-state index contributed by atoms with van der Waals surface area (Å²) in [6.45, 7) is 9.26. The highest BCUT2D eigenvalue weighted by molar-refractivity contribution is 4.65. The van der Waals surface area contributed by atoms with Crippen molar-refractivity contribution < 1.29 is 4.74 Å². The summed E-state index contributed by atoms with van der Waals surface area (Å²) in [7, 11) is 0. The van der Waals surface area contributed by atoms with Gasteiger partial charge in [-0.3, -0.25) is 0 Å². The Hall–Kier alpha value is -0.0400. The lowest BCUT2D eigenvalue weighted by Gasteiger charge is -2.25. The Morgan fingerprint density at radius 3 is 0.848 bits per heavy atom. The molecule has 0 saturated heterocycles. The summed E-state index contributed by atoms with van der Waals surface area (Å²) in [6.07, 6.45) is 37.2. The minimum absolute atomic E-state index is 0.517. The molecule has 0 heterocycles. The second-order valence-corrected chi connectivity index (χ2v) is 10.9. The fourth-order valence-electron chi connectivity index (χ4n) is 5.20. The van der Waals surface area contributed by atoms with Gasteiger partial charge in [-0.2, -0.15) is 0 Å². The van der Waals surface area contributed by atoms with Crippen LogP contribution in [0.2, 0.25) is 0 Å². The van der Waals surface area contributed by atoms with Crippen LogP contribution in [-0.4, -0.2) is 12.2 Å². The van der Waals surface area contributed by atoms with Crippen LogP contribution in [0.15, 0.2) is 0 Å². The highest BCUT2D eigenvalue weighted by atomic mass is 16.5. The number of hydrogen-bond acceptors (Lipinski definition) is 1. The molecule has 2 atom stereocenters. The minimum Gasteiger partial charge on any atom is -0.375 e. The fourth-order valence-corrected chi connectivity index (χ4v) is 5.20. The van der Waals surface area contributed by atoms with Gasteiger partial charge in [0.15, 0.2) is 0 Å². The van der Waals surface area contributed by atoms with E-state index in [1.165, 1.54) is 167 Å². The summed E-state index contributed by atoms with van der Waals surface area (Å²) < 4.78 is 6.70. The minimum atomic E-state index is 0.517. The molecule has 0 amide bonds. The first-order valence-corrected chi connectivity index (χ1v) is 15.9. The van der Waals surface area contributed by atoms with E-state index in [1.54, 1.807) is 0 Å². The van der Waals surface area contributed by atoms with Crippen molar-refractivity contribution in [2.75, 3.05) is 0 Å². The van der Waals surface area contributed by atoms with Gasteiger partial charge < -0.3 is 4.74 Å². The van der Waals surface area contributed by atoms with Gasteiger partial charge in [0, 0.05) is 0 Å². The van der Waals surface area contributed by atoms with Crippen LogP contribution in [0.4, 0.5) is 0 Å². The quantitative estimate of drug-likeness (QED) is 0.104. The molecule has 0 fully saturated rings. The predicted octanol–water partition coefficient (Wildman–Crippen LogP) is 12.0. The van der Waals surface area contributed by atoms with Crippen molar-refractivity contribution in [3.63, 3.8) is 0 Å². The second-order valence-electron chi connectivity index (χ2n) is 10.9. The molecule has 1 heteroatoms. The van der Waals surface area contributed by atoms with Gasteiger partial charge in [-0.15, -0.1) is 0 Å². The molecule has 0 aromatic carbocycles. The van der Waals surface area contributed by atoms with Crippen molar-refractivity contribution in [2.45, 2.75) is 207 Å². The SMILES string of the molecule is CCCCCCCCCCCCC(CCC)OC(CCC)CCCCCCCCCCCC. The molecule has 0 bridgehead atoms. The Morgan fingerprint density at radius 1 is 0.303 bits per heavy atom. The molecule has 0 rings (SSSR count). The van der Waals surface area contributed by atoms with E-state index >= 15 is 0 Å². The maximum Gasteiger partial charge on any atom is 0.0578 e. The molecule has 0 aliphatic carbocycles. The van der Waals surface area contributed by atoms with Crippen LogP contribution in [0.3, 0.4) is 0 Å². The Morgan fingerprint density at radius 2 is 0.576 bits per heavy atom. The first-order chi connectivity index (χ1) is 16.3. The Kier molecular flexibility index (Phi) is 28.2. The maximum absolute atomic E-state index is 6.70. The molecular formula is C32H66O. The van der Waals surface area contributed by atoms with Crippen molar-refractivity contribution in [3.05, 3.63) is 0 Å². The summed E-state index contributed by atoms with van der Waals surface area (Å²) in [6, 6.07) is 0. The van der Waals surface area contributed by atoms with Gasteiger partial charge in [0.1, 0.15) is 0 Å². The van der Waals surface area contributed by atoms with E-state index in [2.05, 4.69) is 27.7 Å². The summed E-state index contributed by atoms with van der Waals surface area (Å²) in [5, 5.41) is 0. The van der Waals surface area contributed by atoms with Crippen molar-refractivity contribution in [3.8, 4) is 0 Å². The van der Waals surface area contributed by atoms with E-state index in [-0.39, 0.29) is 0 Å². The highest BCUT2D eigenvalue weighted by Gasteiger charge is 2.15. The molecule has 1 nitrogen and oxygen atoms in total. The Balaban J connectivity index is 3.85. The van der Waals surface area contributed by atoms with Crippen LogP contribution in [0.5, 0.6) is 0 Å². The van der Waals surface area contributed by atoms with Crippen LogP contribution in [0.25, 0.3) is 0 Å². The zero-order chi connectivity index (χ0) is 24.2. The van der Waals surface area contributed by atoms with Gasteiger partial charge in [-0.25, -0.2) is 0 Å². The third kappa shape index (κ3) is 24.9. The smallest absolute Gasteiger partial charge is 0.0578 e. The van der Waals surface area contributed by atoms with Crippen LogP contribution in [0, 0.1) is 0 Å². The largest absolute Gasteiger partial charge is 0.375 e.